The first-order valence-corrected chi connectivity index (χ1v) is 8.19. The number of H-pyrrole nitrogens is 2. The number of nitrogens with one attached hydrogen (secondary N) is 3. The maximum atomic E-state index is 11.4. The van der Waals surface area contributed by atoms with Crippen molar-refractivity contribution in [2.45, 2.75) is 25.8 Å². The molecule has 2 heterocycles. The van der Waals surface area contributed by atoms with Crippen molar-refractivity contribution in [2.24, 2.45) is 5.92 Å². The summed E-state index contributed by atoms with van der Waals surface area (Å²) in [6.45, 7) is 4.57. The molecule has 0 saturated carbocycles. The first-order valence-electron chi connectivity index (χ1n) is 7.39. The number of aromatic nitrogens is 2. The molecule has 0 amide bonds. The van der Waals surface area contributed by atoms with Crippen LogP contribution in [-0.4, -0.2) is 41.0 Å². The Hall–Kier alpha value is -1.27. The largest absolute Gasteiger partial charge is 0.381 e. The molecule has 1 aromatic heterocycles. The van der Waals surface area contributed by atoms with E-state index in [4.69, 9.17) is 0 Å². The van der Waals surface area contributed by atoms with Crippen molar-refractivity contribution >= 4 is 32.7 Å². The fourth-order valence-electron chi connectivity index (χ4n) is 3.14. The van der Waals surface area contributed by atoms with Gasteiger partial charge in [-0.05, 0) is 67.3 Å². The van der Waals surface area contributed by atoms with Crippen LogP contribution >= 0.6 is 15.9 Å². The summed E-state index contributed by atoms with van der Waals surface area (Å²) in [4.78, 5) is 19.3. The van der Waals surface area contributed by atoms with Gasteiger partial charge in [0.05, 0.1) is 16.7 Å². The first kappa shape index (κ1) is 14.7. The van der Waals surface area contributed by atoms with E-state index in [-0.39, 0.29) is 5.69 Å². The van der Waals surface area contributed by atoms with Gasteiger partial charge in [0.2, 0.25) is 0 Å². The molecule has 6 heteroatoms. The third-order valence-corrected chi connectivity index (χ3v) is 5.01. The highest BCUT2D eigenvalue weighted by Crippen LogP contribution is 2.29. The average molecular weight is 353 g/mol. The number of benzene rings is 1. The van der Waals surface area contributed by atoms with E-state index >= 15 is 0 Å². The van der Waals surface area contributed by atoms with E-state index in [0.717, 1.165) is 27.7 Å². The summed E-state index contributed by atoms with van der Waals surface area (Å²) < 4.78 is 0.973. The molecule has 1 saturated heterocycles. The van der Waals surface area contributed by atoms with Gasteiger partial charge >= 0.3 is 5.69 Å². The number of hydrogen-bond acceptors (Lipinski definition) is 3. The average Bonchev–Trinajstić information content (AvgIpc) is 2.78. The third kappa shape index (κ3) is 3.16. The standard InChI is InChI=1S/C15H21BrN4O/c1-9(10-4-3-5-20(2)8-10)17-12-7-14-13(6-11(12)16)18-15(21)19-14/h6-7,9-10,17H,3-5,8H2,1-2H3,(H2,18,19,21). The van der Waals surface area contributed by atoms with Crippen molar-refractivity contribution in [2.75, 3.05) is 25.5 Å². The second-order valence-corrected chi connectivity index (χ2v) is 6.91. The zero-order chi connectivity index (χ0) is 15.0. The number of fused-ring (bicyclic) bond motifs is 1. The molecule has 1 aromatic carbocycles. The van der Waals surface area contributed by atoms with Gasteiger partial charge in [0.25, 0.3) is 0 Å². The summed E-state index contributed by atoms with van der Waals surface area (Å²) in [5, 5.41) is 3.59. The Morgan fingerprint density at radius 3 is 2.81 bits per heavy atom. The summed E-state index contributed by atoms with van der Waals surface area (Å²) >= 11 is 3.58. The van der Waals surface area contributed by atoms with Gasteiger partial charge in [-0.25, -0.2) is 4.79 Å². The minimum absolute atomic E-state index is 0.170. The Labute approximate surface area is 132 Å². The highest BCUT2D eigenvalue weighted by molar-refractivity contribution is 9.10. The van der Waals surface area contributed by atoms with E-state index in [2.05, 4.69) is 50.1 Å². The van der Waals surface area contributed by atoms with Crippen LogP contribution in [0.2, 0.25) is 0 Å². The second-order valence-electron chi connectivity index (χ2n) is 6.05. The number of aromatic amines is 2. The highest BCUT2D eigenvalue weighted by Gasteiger charge is 2.23. The van der Waals surface area contributed by atoms with Crippen LogP contribution in [0.1, 0.15) is 19.8 Å². The predicted octanol–water partition coefficient (Wildman–Crippen LogP) is 2.76. The molecule has 0 spiro atoms. The van der Waals surface area contributed by atoms with Gasteiger partial charge in [0.15, 0.2) is 0 Å². The smallest absolute Gasteiger partial charge is 0.323 e. The van der Waals surface area contributed by atoms with Crippen LogP contribution in [0.3, 0.4) is 0 Å². The molecule has 1 aliphatic heterocycles. The van der Waals surface area contributed by atoms with Crippen molar-refractivity contribution in [3.63, 3.8) is 0 Å². The molecule has 2 aromatic rings. The van der Waals surface area contributed by atoms with Crippen molar-refractivity contribution in [1.29, 1.82) is 0 Å². The number of nitrogens with zero attached hydrogens (tertiary/aromatic N) is 1. The number of piperidine rings is 1. The fraction of sp³-hybridized carbons (Fsp3) is 0.533. The third-order valence-electron chi connectivity index (χ3n) is 4.35. The molecule has 0 aliphatic carbocycles. The van der Waals surface area contributed by atoms with Crippen LogP contribution in [0.25, 0.3) is 11.0 Å². The van der Waals surface area contributed by atoms with Crippen molar-refractivity contribution in [1.82, 2.24) is 14.9 Å². The van der Waals surface area contributed by atoms with Gasteiger partial charge in [-0.2, -0.15) is 0 Å². The topological polar surface area (TPSA) is 63.9 Å². The molecule has 3 N–H and O–H groups in total. The van der Waals surface area contributed by atoms with Crippen molar-refractivity contribution in [3.05, 3.63) is 27.1 Å². The van der Waals surface area contributed by atoms with Crippen LogP contribution in [0.5, 0.6) is 0 Å². The quantitative estimate of drug-likeness (QED) is 0.795. The van der Waals surface area contributed by atoms with Crippen molar-refractivity contribution in [3.8, 4) is 0 Å². The molecule has 1 fully saturated rings. The Balaban J connectivity index is 1.80. The lowest BCUT2D eigenvalue weighted by molar-refractivity contribution is 0.197. The van der Waals surface area contributed by atoms with Crippen LogP contribution < -0.4 is 11.0 Å². The van der Waals surface area contributed by atoms with E-state index in [1.165, 1.54) is 19.4 Å². The molecule has 114 valence electrons. The lowest BCUT2D eigenvalue weighted by atomic mass is 9.92. The van der Waals surface area contributed by atoms with Gasteiger partial charge in [0.1, 0.15) is 0 Å². The van der Waals surface area contributed by atoms with Gasteiger partial charge < -0.3 is 20.2 Å². The van der Waals surface area contributed by atoms with E-state index in [1.807, 2.05) is 12.1 Å². The van der Waals surface area contributed by atoms with Crippen LogP contribution in [0.4, 0.5) is 5.69 Å². The summed E-state index contributed by atoms with van der Waals surface area (Å²) in [5.74, 6) is 0.650. The minimum Gasteiger partial charge on any atom is -0.381 e. The molecule has 0 bridgehead atoms. The van der Waals surface area contributed by atoms with E-state index in [0.29, 0.717) is 12.0 Å². The van der Waals surface area contributed by atoms with Crippen LogP contribution in [0.15, 0.2) is 21.4 Å². The zero-order valence-corrected chi connectivity index (χ0v) is 14.0. The number of anilines is 1. The number of halogens is 1. The van der Waals surface area contributed by atoms with Gasteiger partial charge in [0, 0.05) is 17.1 Å². The zero-order valence-electron chi connectivity index (χ0n) is 12.4. The van der Waals surface area contributed by atoms with Crippen molar-refractivity contribution < 1.29 is 0 Å². The summed E-state index contributed by atoms with van der Waals surface area (Å²) in [6.07, 6.45) is 2.53. The molecule has 3 rings (SSSR count). The van der Waals surface area contributed by atoms with Gasteiger partial charge in [-0.3, -0.25) is 0 Å². The maximum absolute atomic E-state index is 11.4. The second kappa shape index (κ2) is 5.85. The summed E-state index contributed by atoms with van der Waals surface area (Å²) in [6, 6.07) is 4.32. The van der Waals surface area contributed by atoms with Gasteiger partial charge in [-0.1, -0.05) is 0 Å². The Bertz CT molecular complexity index is 693. The number of imidazole rings is 1. The Morgan fingerprint density at radius 1 is 1.38 bits per heavy atom. The monoisotopic (exact) mass is 352 g/mol. The molecular formula is C15H21BrN4O. The minimum atomic E-state index is -0.170. The number of hydrogen-bond donors (Lipinski definition) is 3. The molecule has 2 unspecified atom stereocenters. The van der Waals surface area contributed by atoms with Crippen LogP contribution in [0, 0.1) is 5.92 Å². The predicted molar refractivity (Wildman–Crippen MR) is 89.9 cm³/mol. The molecule has 2 atom stereocenters. The Morgan fingerprint density at radius 2 is 2.10 bits per heavy atom. The van der Waals surface area contributed by atoms with Crippen LogP contribution in [-0.2, 0) is 0 Å². The normalized spacial score (nSPS) is 21.6. The lowest BCUT2D eigenvalue weighted by Crippen LogP contribution is -2.39. The van der Waals surface area contributed by atoms with E-state index < -0.39 is 0 Å². The molecule has 0 radical (unpaired) electrons. The molecule has 21 heavy (non-hydrogen) atoms. The lowest BCUT2D eigenvalue weighted by Gasteiger charge is -2.34. The number of likely N-dealkylation sites (tertiary alicyclic amines) is 1. The summed E-state index contributed by atoms with van der Waals surface area (Å²) in [7, 11) is 2.19. The number of rotatable bonds is 3. The highest BCUT2D eigenvalue weighted by atomic mass is 79.9. The first-order chi connectivity index (χ1) is 10.0. The Kier molecular flexibility index (Phi) is 4.08. The molecular weight excluding hydrogens is 332 g/mol. The SMILES string of the molecule is CC(Nc1cc2[nH]c(=O)[nH]c2cc1Br)C1CCCN(C)C1. The fourth-order valence-corrected chi connectivity index (χ4v) is 3.60. The van der Waals surface area contributed by atoms with E-state index in [1.54, 1.807) is 0 Å². The molecule has 1 aliphatic rings. The van der Waals surface area contributed by atoms with E-state index in [9.17, 15) is 4.79 Å². The maximum Gasteiger partial charge on any atom is 0.323 e. The molecule has 5 nitrogen and oxygen atoms in total. The summed E-state index contributed by atoms with van der Waals surface area (Å²) in [5.41, 5.74) is 2.51. The van der Waals surface area contributed by atoms with Gasteiger partial charge in [-0.15, -0.1) is 0 Å².